The van der Waals surface area contributed by atoms with Gasteiger partial charge in [-0.25, -0.2) is 0 Å². The highest BCUT2D eigenvalue weighted by Gasteiger charge is 2.03. The molecule has 0 saturated carbocycles. The third-order valence-electron chi connectivity index (χ3n) is 1.89. The van der Waals surface area contributed by atoms with Gasteiger partial charge < -0.3 is 4.52 Å². The van der Waals surface area contributed by atoms with Gasteiger partial charge in [-0.2, -0.15) is 0 Å². The summed E-state index contributed by atoms with van der Waals surface area (Å²) in [6.07, 6.45) is 0. The Hall–Kier alpha value is -0.930. The molecule has 0 radical (unpaired) electrons. The van der Waals surface area contributed by atoms with Crippen molar-refractivity contribution >= 4 is 23.4 Å². The Kier molecular flexibility index (Phi) is 3.34. The molecule has 0 aliphatic carbocycles. The van der Waals surface area contributed by atoms with Crippen molar-refractivity contribution in [3.63, 3.8) is 0 Å². The number of aryl methyl sites for hydroxylation is 1. The van der Waals surface area contributed by atoms with Gasteiger partial charge in [0.2, 0.25) is 0 Å². The second-order valence-electron chi connectivity index (χ2n) is 3.15. The number of benzene rings is 1. The minimum absolute atomic E-state index is 0.779. The van der Waals surface area contributed by atoms with Gasteiger partial charge in [0.15, 0.2) is 0 Å². The van der Waals surface area contributed by atoms with E-state index in [1.54, 1.807) is 11.8 Å². The average molecular weight is 240 g/mol. The Bertz CT molecular complexity index is 455. The van der Waals surface area contributed by atoms with E-state index in [0.717, 1.165) is 27.1 Å². The van der Waals surface area contributed by atoms with E-state index in [1.807, 2.05) is 37.3 Å². The number of halogens is 1. The van der Waals surface area contributed by atoms with Gasteiger partial charge in [-0.1, -0.05) is 28.9 Å². The molecular weight excluding hydrogens is 230 g/mol. The predicted molar refractivity (Wildman–Crippen MR) is 62.3 cm³/mol. The van der Waals surface area contributed by atoms with E-state index >= 15 is 0 Å². The normalized spacial score (nSPS) is 10.5. The summed E-state index contributed by atoms with van der Waals surface area (Å²) in [5.74, 6) is 1.62. The van der Waals surface area contributed by atoms with E-state index in [9.17, 15) is 0 Å². The molecule has 0 aliphatic rings. The van der Waals surface area contributed by atoms with Crippen molar-refractivity contribution in [2.24, 2.45) is 0 Å². The largest absolute Gasteiger partial charge is 0.361 e. The Morgan fingerprint density at radius 1 is 1.40 bits per heavy atom. The molecule has 2 nitrogen and oxygen atoms in total. The molecule has 0 aliphatic heterocycles. The Morgan fingerprint density at radius 2 is 2.20 bits per heavy atom. The van der Waals surface area contributed by atoms with Gasteiger partial charge in [-0.05, 0) is 19.1 Å². The van der Waals surface area contributed by atoms with E-state index in [-0.39, 0.29) is 0 Å². The summed E-state index contributed by atoms with van der Waals surface area (Å²) in [5.41, 5.74) is 0.942. The predicted octanol–water partition coefficient (Wildman–Crippen LogP) is 3.93. The van der Waals surface area contributed by atoms with Gasteiger partial charge >= 0.3 is 0 Å². The number of aromatic nitrogens is 1. The highest BCUT2D eigenvalue weighted by atomic mass is 35.5. The number of nitrogens with zero attached hydrogens (tertiary/aromatic N) is 1. The van der Waals surface area contributed by atoms with Crippen molar-refractivity contribution in [3.05, 3.63) is 46.8 Å². The zero-order valence-electron chi connectivity index (χ0n) is 8.24. The fourth-order valence-electron chi connectivity index (χ4n) is 1.20. The zero-order chi connectivity index (χ0) is 10.7. The lowest BCUT2D eigenvalue weighted by Crippen LogP contribution is -1.80. The maximum atomic E-state index is 6.03. The van der Waals surface area contributed by atoms with Crippen molar-refractivity contribution in [2.75, 3.05) is 0 Å². The van der Waals surface area contributed by atoms with E-state index in [0.29, 0.717) is 0 Å². The van der Waals surface area contributed by atoms with Crippen LogP contribution in [-0.4, -0.2) is 5.16 Å². The van der Waals surface area contributed by atoms with Gasteiger partial charge in [0, 0.05) is 16.7 Å². The molecule has 0 unspecified atom stereocenters. The molecule has 15 heavy (non-hydrogen) atoms. The summed E-state index contributed by atoms with van der Waals surface area (Å²) in [6.45, 7) is 1.89. The topological polar surface area (TPSA) is 26.0 Å². The first kappa shape index (κ1) is 10.6. The highest BCUT2D eigenvalue weighted by Crippen LogP contribution is 2.28. The lowest BCUT2D eigenvalue weighted by atomic mass is 10.4. The number of hydrogen-bond donors (Lipinski definition) is 0. The number of thioether (sulfide) groups is 1. The van der Waals surface area contributed by atoms with Crippen LogP contribution in [0.4, 0.5) is 0 Å². The maximum Gasteiger partial charge on any atom is 0.133 e. The smallest absolute Gasteiger partial charge is 0.133 e. The molecule has 0 amide bonds. The second kappa shape index (κ2) is 4.73. The standard InChI is InChI=1S/C11H10ClNOS/c1-8-6-9(13-14-8)7-15-11-5-3-2-4-10(11)12/h2-6H,7H2,1H3. The van der Waals surface area contributed by atoms with Crippen molar-refractivity contribution in [1.29, 1.82) is 0 Å². The Balaban J connectivity index is 2.02. The molecule has 4 heteroatoms. The average Bonchev–Trinajstić information content (AvgIpc) is 2.63. The van der Waals surface area contributed by atoms with E-state index in [2.05, 4.69) is 5.16 Å². The van der Waals surface area contributed by atoms with Gasteiger partial charge in [-0.15, -0.1) is 11.8 Å². The molecule has 0 atom stereocenters. The summed E-state index contributed by atoms with van der Waals surface area (Å²) >= 11 is 7.69. The lowest BCUT2D eigenvalue weighted by molar-refractivity contribution is 0.393. The van der Waals surface area contributed by atoms with E-state index in [1.165, 1.54) is 0 Å². The molecule has 0 fully saturated rings. The number of hydrogen-bond acceptors (Lipinski definition) is 3. The molecule has 0 bridgehead atoms. The van der Waals surface area contributed by atoms with Crippen LogP contribution >= 0.6 is 23.4 Å². The van der Waals surface area contributed by atoms with Crippen LogP contribution in [0.1, 0.15) is 11.5 Å². The van der Waals surface area contributed by atoms with Gasteiger partial charge in [-0.3, -0.25) is 0 Å². The van der Waals surface area contributed by atoms with Crippen LogP contribution in [0, 0.1) is 6.92 Å². The van der Waals surface area contributed by atoms with Crippen molar-refractivity contribution in [3.8, 4) is 0 Å². The van der Waals surface area contributed by atoms with Gasteiger partial charge in [0.05, 0.1) is 10.7 Å². The fraction of sp³-hybridized carbons (Fsp3) is 0.182. The first-order valence-electron chi connectivity index (χ1n) is 4.55. The molecule has 2 rings (SSSR count). The molecule has 2 aromatic rings. The first-order valence-corrected chi connectivity index (χ1v) is 5.91. The molecule has 1 heterocycles. The minimum Gasteiger partial charge on any atom is -0.361 e. The van der Waals surface area contributed by atoms with Crippen LogP contribution in [-0.2, 0) is 5.75 Å². The Labute approximate surface area is 97.6 Å². The summed E-state index contributed by atoms with van der Waals surface area (Å²) in [6, 6.07) is 9.72. The van der Waals surface area contributed by atoms with Gasteiger partial charge in [0.25, 0.3) is 0 Å². The third-order valence-corrected chi connectivity index (χ3v) is 3.44. The Morgan fingerprint density at radius 3 is 2.87 bits per heavy atom. The van der Waals surface area contributed by atoms with Crippen molar-refractivity contribution < 1.29 is 4.52 Å². The molecule has 0 spiro atoms. The van der Waals surface area contributed by atoms with Crippen molar-refractivity contribution in [2.45, 2.75) is 17.6 Å². The van der Waals surface area contributed by atoms with E-state index in [4.69, 9.17) is 16.1 Å². The summed E-state index contributed by atoms with van der Waals surface area (Å²) in [7, 11) is 0. The highest BCUT2D eigenvalue weighted by molar-refractivity contribution is 7.98. The molecule has 1 aromatic carbocycles. The second-order valence-corrected chi connectivity index (χ2v) is 4.57. The van der Waals surface area contributed by atoms with Crippen LogP contribution in [0.5, 0.6) is 0 Å². The molecule has 0 saturated heterocycles. The number of rotatable bonds is 3. The monoisotopic (exact) mass is 239 g/mol. The van der Waals surface area contributed by atoms with Crippen LogP contribution < -0.4 is 0 Å². The van der Waals surface area contributed by atoms with Crippen LogP contribution in [0.25, 0.3) is 0 Å². The zero-order valence-corrected chi connectivity index (χ0v) is 9.81. The van der Waals surface area contributed by atoms with Crippen LogP contribution in [0.3, 0.4) is 0 Å². The molecular formula is C11H10ClNOS. The summed E-state index contributed by atoms with van der Waals surface area (Å²) in [4.78, 5) is 1.07. The molecule has 0 N–H and O–H groups in total. The lowest BCUT2D eigenvalue weighted by Gasteiger charge is -2.00. The first-order chi connectivity index (χ1) is 7.25. The van der Waals surface area contributed by atoms with Crippen LogP contribution in [0.2, 0.25) is 5.02 Å². The van der Waals surface area contributed by atoms with Crippen LogP contribution in [0.15, 0.2) is 39.8 Å². The fourth-order valence-corrected chi connectivity index (χ4v) is 2.32. The summed E-state index contributed by atoms with van der Waals surface area (Å²) in [5, 5.41) is 4.70. The third kappa shape index (κ3) is 2.76. The summed E-state index contributed by atoms with van der Waals surface area (Å²) < 4.78 is 4.99. The maximum absolute atomic E-state index is 6.03. The van der Waals surface area contributed by atoms with Crippen molar-refractivity contribution in [1.82, 2.24) is 5.16 Å². The quantitative estimate of drug-likeness (QED) is 0.759. The molecule has 78 valence electrons. The molecule has 1 aromatic heterocycles. The SMILES string of the molecule is Cc1cc(CSc2ccccc2Cl)no1. The van der Waals surface area contributed by atoms with Gasteiger partial charge in [0.1, 0.15) is 5.76 Å². The minimum atomic E-state index is 0.779. The van der Waals surface area contributed by atoms with E-state index < -0.39 is 0 Å².